The number of H-pyrrole nitrogens is 2. The quantitative estimate of drug-likeness (QED) is 0.274. The van der Waals surface area contributed by atoms with Crippen LogP contribution in [0.25, 0.3) is 11.3 Å². The summed E-state index contributed by atoms with van der Waals surface area (Å²) in [5.74, 6) is 0.954. The predicted octanol–water partition coefficient (Wildman–Crippen LogP) is 4.26. The number of primary amides is 1. The number of carbonyl (C=O) groups excluding carboxylic acids is 1. The second-order valence-corrected chi connectivity index (χ2v) is 8.16. The standard InChI is InChI=1S/C23H24N6O.C3H8.CH3NO/c1-16(2)24-20-8-4-6-18(14-20)15-29-23(30)12-10-21(27-29)19-7-3-5-17(13-19)9-11-22-25-28-26-22;1-3-2;2-1-3/h3-8,10,12-14,24,28H,1,9,11,15H2,2H3,(H,25,26);3H2,1-2H3;1H,(H2,2,3). The van der Waals surface area contributed by atoms with Gasteiger partial charge in [0.25, 0.3) is 5.56 Å². The van der Waals surface area contributed by atoms with Crippen LogP contribution in [0.3, 0.4) is 0 Å². The molecule has 0 bridgehead atoms. The van der Waals surface area contributed by atoms with Crippen molar-refractivity contribution in [2.45, 2.75) is 46.6 Å². The molecular formula is C27H35N7O2. The van der Waals surface area contributed by atoms with Crippen LogP contribution in [0.2, 0.25) is 0 Å². The summed E-state index contributed by atoms with van der Waals surface area (Å²) < 4.78 is 1.50. The van der Waals surface area contributed by atoms with Crippen molar-refractivity contribution < 1.29 is 4.79 Å². The Morgan fingerprint density at radius 1 is 1.08 bits per heavy atom. The van der Waals surface area contributed by atoms with E-state index in [4.69, 9.17) is 4.79 Å². The molecule has 0 saturated carbocycles. The lowest BCUT2D eigenvalue weighted by Gasteiger charge is -2.11. The largest absolute Gasteiger partial charge is 0.372 e. The van der Waals surface area contributed by atoms with Crippen molar-refractivity contribution in [1.29, 1.82) is 0 Å². The Morgan fingerprint density at radius 3 is 2.39 bits per heavy atom. The zero-order valence-electron chi connectivity index (χ0n) is 21.1. The van der Waals surface area contributed by atoms with Crippen molar-refractivity contribution in [3.05, 3.63) is 100 Å². The smallest absolute Gasteiger partial charge is 0.267 e. The fourth-order valence-electron chi connectivity index (χ4n) is 3.29. The molecule has 0 spiro atoms. The highest BCUT2D eigenvalue weighted by atomic mass is 16.1. The van der Waals surface area contributed by atoms with E-state index in [1.807, 2.05) is 43.3 Å². The van der Waals surface area contributed by atoms with Gasteiger partial charge >= 0.3 is 0 Å². The average molecular weight is 490 g/mol. The molecule has 36 heavy (non-hydrogen) atoms. The molecule has 4 aromatic rings. The number of aryl methyl sites for hydroxylation is 2. The number of amides is 1. The zero-order chi connectivity index (χ0) is 26.3. The SMILES string of the molecule is C=C(C)Nc1cccc(Cn2nc(-c3cccc(CCc4n[nH][nH]4)c3)ccc2=O)c1.CCC.NC=O. The maximum atomic E-state index is 12.4. The Bertz CT molecular complexity index is 1280. The number of benzene rings is 2. The highest BCUT2D eigenvalue weighted by Gasteiger charge is 2.07. The third kappa shape index (κ3) is 9.09. The van der Waals surface area contributed by atoms with Crippen molar-refractivity contribution in [3.8, 4) is 11.3 Å². The fraction of sp³-hybridized carbons (Fsp3) is 0.259. The molecule has 0 radical (unpaired) electrons. The van der Waals surface area contributed by atoms with E-state index in [0.29, 0.717) is 6.54 Å². The molecule has 0 aliphatic heterocycles. The van der Waals surface area contributed by atoms with E-state index in [1.54, 1.807) is 12.1 Å². The molecule has 2 aromatic heterocycles. The van der Waals surface area contributed by atoms with E-state index in [9.17, 15) is 4.79 Å². The van der Waals surface area contributed by atoms with Crippen LogP contribution in [0.15, 0.2) is 77.7 Å². The van der Waals surface area contributed by atoms with Gasteiger partial charge in [-0.05, 0) is 48.7 Å². The lowest BCUT2D eigenvalue weighted by Crippen LogP contribution is -2.22. The van der Waals surface area contributed by atoms with Crippen molar-refractivity contribution >= 4 is 12.1 Å². The highest BCUT2D eigenvalue weighted by Crippen LogP contribution is 2.19. The molecule has 190 valence electrons. The van der Waals surface area contributed by atoms with Gasteiger partial charge in [0.1, 0.15) is 5.82 Å². The van der Waals surface area contributed by atoms with Crippen LogP contribution in [-0.4, -0.2) is 31.6 Å². The minimum Gasteiger partial charge on any atom is -0.372 e. The summed E-state index contributed by atoms with van der Waals surface area (Å²) in [5.41, 5.74) is 9.79. The summed E-state index contributed by atoms with van der Waals surface area (Å²) in [6.45, 7) is 10.4. The number of aromatic amines is 2. The highest BCUT2D eigenvalue weighted by molar-refractivity contribution is 5.59. The number of allylic oxidation sites excluding steroid dienone is 1. The van der Waals surface area contributed by atoms with Crippen LogP contribution in [0.4, 0.5) is 5.69 Å². The Morgan fingerprint density at radius 2 is 1.75 bits per heavy atom. The number of carbonyl (C=O) groups is 1. The number of rotatable bonds is 8. The van der Waals surface area contributed by atoms with Gasteiger partial charge in [-0.1, -0.05) is 57.2 Å². The Balaban J connectivity index is 0.000000693. The molecule has 0 fully saturated rings. The van der Waals surface area contributed by atoms with Gasteiger partial charge in [0, 0.05) is 29.4 Å². The second kappa shape index (κ2) is 14.8. The summed E-state index contributed by atoms with van der Waals surface area (Å²) in [4.78, 5) is 21.0. The lowest BCUT2D eigenvalue weighted by molar-refractivity contribution is -0.106. The molecule has 1 amide bonds. The van der Waals surface area contributed by atoms with Crippen molar-refractivity contribution in [1.82, 2.24) is 25.2 Å². The minimum absolute atomic E-state index is 0.130. The van der Waals surface area contributed by atoms with Crippen LogP contribution >= 0.6 is 0 Å². The first kappa shape index (κ1) is 27.8. The van der Waals surface area contributed by atoms with Gasteiger partial charge in [0.15, 0.2) is 0 Å². The van der Waals surface area contributed by atoms with E-state index in [1.165, 1.54) is 16.7 Å². The molecule has 9 heteroatoms. The maximum absolute atomic E-state index is 12.4. The van der Waals surface area contributed by atoms with Crippen LogP contribution in [-0.2, 0) is 24.2 Å². The first-order chi connectivity index (χ1) is 17.4. The number of hydrogen-bond donors (Lipinski definition) is 4. The van der Waals surface area contributed by atoms with Gasteiger partial charge in [-0.3, -0.25) is 14.7 Å². The van der Waals surface area contributed by atoms with Crippen LogP contribution in [0.5, 0.6) is 0 Å². The molecule has 0 aliphatic rings. The molecule has 9 nitrogen and oxygen atoms in total. The van der Waals surface area contributed by atoms with Crippen molar-refractivity contribution in [2.75, 3.05) is 5.32 Å². The van der Waals surface area contributed by atoms with Crippen LogP contribution < -0.4 is 16.6 Å². The third-order valence-corrected chi connectivity index (χ3v) is 4.75. The molecule has 0 aliphatic carbocycles. The van der Waals surface area contributed by atoms with E-state index in [0.717, 1.165) is 46.9 Å². The van der Waals surface area contributed by atoms with Gasteiger partial charge in [-0.25, -0.2) is 9.90 Å². The van der Waals surface area contributed by atoms with E-state index >= 15 is 0 Å². The fourth-order valence-corrected chi connectivity index (χ4v) is 3.29. The number of nitrogens with two attached hydrogens (primary N) is 1. The van der Waals surface area contributed by atoms with E-state index in [2.05, 4.69) is 64.1 Å². The van der Waals surface area contributed by atoms with Gasteiger partial charge < -0.3 is 11.1 Å². The summed E-state index contributed by atoms with van der Waals surface area (Å²) in [6.07, 6.45) is 3.22. The van der Waals surface area contributed by atoms with E-state index < -0.39 is 0 Å². The van der Waals surface area contributed by atoms with E-state index in [-0.39, 0.29) is 12.0 Å². The lowest BCUT2D eigenvalue weighted by atomic mass is 10.0. The first-order valence-electron chi connectivity index (χ1n) is 11.8. The summed E-state index contributed by atoms with van der Waals surface area (Å²) in [6, 6.07) is 19.5. The number of aromatic nitrogens is 5. The minimum atomic E-state index is -0.130. The summed E-state index contributed by atoms with van der Waals surface area (Å²) >= 11 is 0. The molecular weight excluding hydrogens is 454 g/mol. The second-order valence-electron chi connectivity index (χ2n) is 8.16. The van der Waals surface area contributed by atoms with Gasteiger partial charge in [0.05, 0.1) is 12.2 Å². The van der Waals surface area contributed by atoms with Crippen molar-refractivity contribution in [3.63, 3.8) is 0 Å². The van der Waals surface area contributed by atoms with Gasteiger partial charge in [0.2, 0.25) is 6.41 Å². The molecule has 0 saturated heterocycles. The maximum Gasteiger partial charge on any atom is 0.267 e. The topological polar surface area (TPSA) is 134 Å². The Labute approximate surface area is 211 Å². The van der Waals surface area contributed by atoms with Crippen LogP contribution in [0, 0.1) is 0 Å². The Hall–Kier alpha value is -4.40. The summed E-state index contributed by atoms with van der Waals surface area (Å²) in [7, 11) is 0. The van der Waals surface area contributed by atoms with Crippen LogP contribution in [0.1, 0.15) is 44.1 Å². The summed E-state index contributed by atoms with van der Waals surface area (Å²) in [5, 5.41) is 17.5. The van der Waals surface area contributed by atoms with Gasteiger partial charge in [-0.15, -0.1) is 5.10 Å². The zero-order valence-corrected chi connectivity index (χ0v) is 21.1. The molecule has 4 rings (SSSR count). The average Bonchev–Trinajstić information content (AvgIpc) is 2.81. The molecule has 5 N–H and O–H groups in total. The first-order valence-corrected chi connectivity index (χ1v) is 11.8. The third-order valence-electron chi connectivity index (χ3n) is 4.75. The predicted molar refractivity (Wildman–Crippen MR) is 144 cm³/mol. The molecule has 0 unspecified atom stereocenters. The van der Waals surface area contributed by atoms with Crippen molar-refractivity contribution in [2.24, 2.45) is 5.73 Å². The number of hydrogen-bond acceptors (Lipinski definition) is 5. The molecule has 0 atom stereocenters. The normalized spacial score (nSPS) is 9.86. The molecule has 2 heterocycles. The Kier molecular flexibility index (Phi) is 11.4. The monoisotopic (exact) mass is 489 g/mol. The van der Waals surface area contributed by atoms with Gasteiger partial charge in [-0.2, -0.15) is 5.10 Å². The molecule has 2 aromatic carbocycles. The number of nitrogens with zero attached hydrogens (tertiary/aromatic N) is 3. The number of anilines is 1. The number of nitrogens with one attached hydrogen (secondary N) is 3.